The van der Waals surface area contributed by atoms with E-state index in [2.05, 4.69) is 15.8 Å². The highest BCUT2D eigenvalue weighted by Crippen LogP contribution is 2.28. The minimum atomic E-state index is -3.77. The second-order valence-electron chi connectivity index (χ2n) is 5.33. The molecule has 0 saturated carbocycles. The fourth-order valence-electron chi connectivity index (χ4n) is 2.15. The van der Waals surface area contributed by atoms with Crippen LogP contribution in [-0.4, -0.2) is 25.8 Å². The summed E-state index contributed by atoms with van der Waals surface area (Å²) in [7, 11) is -2.24. The highest BCUT2D eigenvalue weighted by Gasteiger charge is 2.17. The molecule has 0 amide bonds. The van der Waals surface area contributed by atoms with Crippen LogP contribution in [0.4, 0.5) is 5.69 Å². The molecule has 0 unspecified atom stereocenters. The van der Waals surface area contributed by atoms with E-state index in [0.717, 1.165) is 0 Å². The normalized spacial score (nSPS) is 12.5. The van der Waals surface area contributed by atoms with Crippen LogP contribution in [0.1, 0.15) is 6.92 Å². The first-order valence-electron chi connectivity index (χ1n) is 7.55. The third-order valence-corrected chi connectivity index (χ3v) is 5.67. The van der Waals surface area contributed by atoms with Crippen molar-refractivity contribution in [3.63, 3.8) is 0 Å². The van der Waals surface area contributed by atoms with Crippen molar-refractivity contribution in [3.05, 3.63) is 42.5 Å². The highest BCUT2D eigenvalue weighted by atomic mass is 32.2. The van der Waals surface area contributed by atoms with E-state index in [1.807, 2.05) is 0 Å². The van der Waals surface area contributed by atoms with Crippen molar-refractivity contribution >= 4 is 38.6 Å². The lowest BCUT2D eigenvalue weighted by molar-refractivity contribution is 0.415. The largest absolute Gasteiger partial charge is 0.497 e. The van der Waals surface area contributed by atoms with Crippen molar-refractivity contribution in [2.45, 2.75) is 22.3 Å². The number of nitrogens with zero attached hydrogens (tertiary/aromatic N) is 2. The molecule has 0 spiro atoms. The van der Waals surface area contributed by atoms with Gasteiger partial charge in [0.1, 0.15) is 11.3 Å². The number of fused-ring (bicyclic) bond motifs is 1. The molecule has 3 rings (SSSR count). The number of methoxy groups -OCH3 is 1. The number of ether oxygens (including phenoxy) is 1. The van der Waals surface area contributed by atoms with Gasteiger partial charge in [0, 0.05) is 5.69 Å². The van der Waals surface area contributed by atoms with Gasteiger partial charge in [-0.05, 0) is 61.2 Å². The number of anilines is 1. The Bertz CT molecular complexity index is 1070. The third-order valence-electron chi connectivity index (χ3n) is 3.45. The van der Waals surface area contributed by atoms with E-state index in [9.17, 15) is 8.42 Å². The van der Waals surface area contributed by atoms with Crippen LogP contribution in [-0.2, 0) is 10.0 Å². The molecule has 1 atom stereocenters. The molecule has 0 aliphatic heterocycles. The number of nitriles is 1. The molecule has 1 heterocycles. The van der Waals surface area contributed by atoms with Gasteiger partial charge in [0.2, 0.25) is 0 Å². The molecular formula is C17H15N3O4S2. The second kappa shape index (κ2) is 7.27. The minimum Gasteiger partial charge on any atom is -0.497 e. The highest BCUT2D eigenvalue weighted by molar-refractivity contribution is 7.99. The van der Waals surface area contributed by atoms with E-state index in [0.29, 0.717) is 27.8 Å². The molecule has 0 fully saturated rings. The summed E-state index contributed by atoms with van der Waals surface area (Å²) in [6.07, 6.45) is 0. The Labute approximate surface area is 155 Å². The molecule has 0 saturated heterocycles. The van der Waals surface area contributed by atoms with Gasteiger partial charge in [0.25, 0.3) is 15.2 Å². The van der Waals surface area contributed by atoms with Crippen LogP contribution < -0.4 is 9.46 Å². The predicted molar refractivity (Wildman–Crippen MR) is 98.7 cm³/mol. The molecule has 26 heavy (non-hydrogen) atoms. The van der Waals surface area contributed by atoms with E-state index in [4.69, 9.17) is 14.4 Å². The predicted octanol–water partition coefficient (Wildman–Crippen LogP) is 3.64. The Morgan fingerprint density at radius 3 is 2.65 bits per heavy atom. The lowest BCUT2D eigenvalue weighted by Gasteiger charge is -2.08. The Morgan fingerprint density at radius 2 is 2.00 bits per heavy atom. The van der Waals surface area contributed by atoms with E-state index >= 15 is 0 Å². The SMILES string of the molecule is COc1ccc(NS(=O)(=O)c2ccc3oc(S[C@@H](C)C#N)nc3c2)cc1. The molecule has 3 aromatic rings. The van der Waals surface area contributed by atoms with Crippen LogP contribution in [0.3, 0.4) is 0 Å². The van der Waals surface area contributed by atoms with Crippen LogP contribution in [0.25, 0.3) is 11.1 Å². The minimum absolute atomic E-state index is 0.0685. The van der Waals surface area contributed by atoms with Crippen LogP contribution in [0, 0.1) is 11.3 Å². The summed E-state index contributed by atoms with van der Waals surface area (Å²) in [5.74, 6) is 0.633. The molecule has 1 aromatic heterocycles. The van der Waals surface area contributed by atoms with Gasteiger partial charge < -0.3 is 9.15 Å². The average molecular weight is 389 g/mol. The lowest BCUT2D eigenvalue weighted by atomic mass is 10.3. The Kier molecular flexibility index (Phi) is 5.06. The number of oxazole rings is 1. The van der Waals surface area contributed by atoms with E-state index < -0.39 is 10.0 Å². The first kappa shape index (κ1) is 18.1. The zero-order valence-corrected chi connectivity index (χ0v) is 15.6. The van der Waals surface area contributed by atoms with E-state index in [-0.39, 0.29) is 10.1 Å². The van der Waals surface area contributed by atoms with Gasteiger partial charge in [-0.25, -0.2) is 13.4 Å². The molecule has 9 heteroatoms. The number of aromatic nitrogens is 1. The summed E-state index contributed by atoms with van der Waals surface area (Å²) in [6, 6.07) is 13.1. The fraction of sp³-hybridized carbons (Fsp3) is 0.176. The maximum atomic E-state index is 12.6. The summed E-state index contributed by atoms with van der Waals surface area (Å²) in [4.78, 5) is 4.31. The molecule has 134 valence electrons. The first-order chi connectivity index (χ1) is 12.4. The Balaban J connectivity index is 1.86. The van der Waals surface area contributed by atoms with Gasteiger partial charge in [-0.2, -0.15) is 5.26 Å². The van der Waals surface area contributed by atoms with Crippen molar-refractivity contribution in [3.8, 4) is 11.8 Å². The molecule has 0 radical (unpaired) electrons. The first-order valence-corrected chi connectivity index (χ1v) is 9.91. The van der Waals surface area contributed by atoms with Crippen LogP contribution in [0.2, 0.25) is 0 Å². The molecule has 0 aliphatic carbocycles. The average Bonchev–Trinajstić information content (AvgIpc) is 3.03. The maximum Gasteiger partial charge on any atom is 0.261 e. The fourth-order valence-corrected chi connectivity index (χ4v) is 3.88. The van der Waals surface area contributed by atoms with Gasteiger partial charge in [-0.1, -0.05) is 0 Å². The zero-order valence-electron chi connectivity index (χ0n) is 14.0. The van der Waals surface area contributed by atoms with E-state index in [1.165, 1.54) is 31.0 Å². The molecule has 0 bridgehead atoms. The van der Waals surface area contributed by atoms with Crippen molar-refractivity contribution in [1.29, 1.82) is 5.26 Å². The van der Waals surface area contributed by atoms with Crippen LogP contribution >= 0.6 is 11.8 Å². The lowest BCUT2D eigenvalue weighted by Crippen LogP contribution is -2.12. The summed E-state index contributed by atoms with van der Waals surface area (Å²) in [6.45, 7) is 1.73. The number of thioether (sulfide) groups is 1. The van der Waals surface area contributed by atoms with Gasteiger partial charge in [0.15, 0.2) is 5.58 Å². The quantitative estimate of drug-likeness (QED) is 0.642. The maximum absolute atomic E-state index is 12.6. The number of benzene rings is 2. The molecule has 7 nitrogen and oxygen atoms in total. The summed E-state index contributed by atoms with van der Waals surface area (Å²) in [5, 5.41) is 8.87. The molecule has 0 aliphatic rings. The number of nitrogens with one attached hydrogen (secondary N) is 1. The van der Waals surface area contributed by atoms with Gasteiger partial charge in [0.05, 0.1) is 23.3 Å². The monoisotopic (exact) mass is 389 g/mol. The number of sulfonamides is 1. The third kappa shape index (κ3) is 3.92. The van der Waals surface area contributed by atoms with Crippen molar-refractivity contribution in [1.82, 2.24) is 4.98 Å². The Morgan fingerprint density at radius 1 is 1.27 bits per heavy atom. The number of hydrogen-bond acceptors (Lipinski definition) is 7. The summed E-state index contributed by atoms with van der Waals surface area (Å²) < 4.78 is 38.2. The molecule has 1 N–H and O–H groups in total. The number of rotatable bonds is 6. The molecule has 2 aromatic carbocycles. The summed E-state index contributed by atoms with van der Waals surface area (Å²) in [5.41, 5.74) is 1.29. The van der Waals surface area contributed by atoms with Gasteiger partial charge >= 0.3 is 0 Å². The van der Waals surface area contributed by atoms with Crippen molar-refractivity contribution in [2.24, 2.45) is 0 Å². The van der Waals surface area contributed by atoms with Crippen LogP contribution in [0.5, 0.6) is 5.75 Å². The van der Waals surface area contributed by atoms with Crippen molar-refractivity contribution < 1.29 is 17.6 Å². The van der Waals surface area contributed by atoms with E-state index in [1.54, 1.807) is 37.3 Å². The van der Waals surface area contributed by atoms with Gasteiger partial charge in [-0.3, -0.25) is 4.72 Å². The Hall–Kier alpha value is -2.70. The second-order valence-corrected chi connectivity index (χ2v) is 8.31. The van der Waals surface area contributed by atoms with Gasteiger partial charge in [-0.15, -0.1) is 0 Å². The number of hydrogen-bond donors (Lipinski definition) is 1. The molecular weight excluding hydrogens is 374 g/mol. The van der Waals surface area contributed by atoms with Crippen LogP contribution in [0.15, 0.2) is 57.0 Å². The smallest absolute Gasteiger partial charge is 0.261 e. The zero-order chi connectivity index (χ0) is 18.7. The van der Waals surface area contributed by atoms with Crippen molar-refractivity contribution in [2.75, 3.05) is 11.8 Å². The standard InChI is InChI=1S/C17H15N3O4S2/c1-11(10-18)25-17-19-15-9-14(7-8-16(15)24-17)26(21,22)20-12-3-5-13(23-2)6-4-12/h3-9,11,20H,1-2H3/t11-/m0/s1. The summed E-state index contributed by atoms with van der Waals surface area (Å²) >= 11 is 1.17. The topological polar surface area (TPSA) is 105 Å².